The van der Waals surface area contributed by atoms with Gasteiger partial charge < -0.3 is 4.90 Å². The molecule has 0 fully saturated rings. The van der Waals surface area contributed by atoms with Crippen molar-refractivity contribution in [3.63, 3.8) is 0 Å². The van der Waals surface area contributed by atoms with Crippen molar-refractivity contribution in [2.75, 3.05) is 13.1 Å². The monoisotopic (exact) mass is 227 g/mol. The molecule has 2 heteroatoms. The Morgan fingerprint density at radius 3 is 2.19 bits per heavy atom. The van der Waals surface area contributed by atoms with Crippen LogP contribution in [0.4, 0.5) is 0 Å². The molecule has 0 aliphatic heterocycles. The van der Waals surface area contributed by atoms with E-state index < -0.39 is 0 Å². The van der Waals surface area contributed by atoms with Crippen LogP contribution in [-0.2, 0) is 4.79 Å². The topological polar surface area (TPSA) is 20.3 Å². The molecular weight excluding hydrogens is 198 g/mol. The van der Waals surface area contributed by atoms with Crippen molar-refractivity contribution in [1.82, 2.24) is 4.90 Å². The average Bonchev–Trinajstić information content (AvgIpc) is 2.26. The van der Waals surface area contributed by atoms with Crippen LogP contribution in [0.15, 0.2) is 0 Å². The molecule has 0 aliphatic rings. The SMILES string of the molecule is CCCCCN(CCCC(=O)CC)C(C)C. The van der Waals surface area contributed by atoms with Crippen molar-refractivity contribution >= 4 is 5.78 Å². The minimum atomic E-state index is 0.400. The number of hydrogen-bond donors (Lipinski definition) is 0. The molecule has 2 nitrogen and oxygen atoms in total. The molecule has 0 saturated carbocycles. The van der Waals surface area contributed by atoms with Gasteiger partial charge in [-0.15, -0.1) is 0 Å². The average molecular weight is 227 g/mol. The standard InChI is InChI=1S/C14H29NO/c1-5-7-8-11-15(13(3)4)12-9-10-14(16)6-2/h13H,5-12H2,1-4H3. The quantitative estimate of drug-likeness (QED) is 0.531. The van der Waals surface area contributed by atoms with Crippen LogP contribution in [-0.4, -0.2) is 29.8 Å². The molecule has 0 saturated heterocycles. The van der Waals surface area contributed by atoms with Gasteiger partial charge >= 0.3 is 0 Å². The van der Waals surface area contributed by atoms with Crippen molar-refractivity contribution in [1.29, 1.82) is 0 Å². The van der Waals surface area contributed by atoms with E-state index in [4.69, 9.17) is 0 Å². The molecule has 0 aromatic rings. The molecule has 0 unspecified atom stereocenters. The lowest BCUT2D eigenvalue weighted by atomic mass is 10.1. The fourth-order valence-corrected chi connectivity index (χ4v) is 1.85. The maximum atomic E-state index is 11.2. The highest BCUT2D eigenvalue weighted by molar-refractivity contribution is 5.77. The van der Waals surface area contributed by atoms with E-state index in [0.717, 1.165) is 19.4 Å². The Morgan fingerprint density at radius 2 is 1.69 bits per heavy atom. The number of Topliss-reactive ketones (excluding diaryl/α,β-unsaturated/α-hetero) is 1. The summed E-state index contributed by atoms with van der Waals surface area (Å²) in [5, 5.41) is 0. The number of nitrogens with zero attached hydrogens (tertiary/aromatic N) is 1. The maximum absolute atomic E-state index is 11.2. The molecule has 0 N–H and O–H groups in total. The molecule has 96 valence electrons. The largest absolute Gasteiger partial charge is 0.301 e. The number of carbonyl (C=O) groups is 1. The Hall–Kier alpha value is -0.370. The number of ketones is 1. The highest BCUT2D eigenvalue weighted by Gasteiger charge is 2.09. The summed E-state index contributed by atoms with van der Waals surface area (Å²) in [6, 6.07) is 0.605. The van der Waals surface area contributed by atoms with Gasteiger partial charge in [0.2, 0.25) is 0 Å². The van der Waals surface area contributed by atoms with Gasteiger partial charge in [-0.25, -0.2) is 0 Å². The van der Waals surface area contributed by atoms with E-state index in [1.54, 1.807) is 0 Å². The molecule has 0 heterocycles. The zero-order chi connectivity index (χ0) is 12.4. The number of rotatable bonds is 10. The minimum absolute atomic E-state index is 0.400. The lowest BCUT2D eigenvalue weighted by molar-refractivity contribution is -0.118. The minimum Gasteiger partial charge on any atom is -0.301 e. The van der Waals surface area contributed by atoms with Gasteiger partial charge in [-0.1, -0.05) is 26.7 Å². The first-order valence-corrected chi connectivity index (χ1v) is 6.87. The zero-order valence-corrected chi connectivity index (χ0v) is 11.6. The lowest BCUT2D eigenvalue weighted by Gasteiger charge is -2.26. The van der Waals surface area contributed by atoms with Gasteiger partial charge in [-0.2, -0.15) is 0 Å². The molecule has 0 aromatic carbocycles. The van der Waals surface area contributed by atoms with E-state index in [9.17, 15) is 4.79 Å². The summed E-state index contributed by atoms with van der Waals surface area (Å²) >= 11 is 0. The van der Waals surface area contributed by atoms with Gasteiger partial charge in [0.05, 0.1) is 0 Å². The van der Waals surface area contributed by atoms with Gasteiger partial charge in [0.1, 0.15) is 5.78 Å². The first-order chi connectivity index (χ1) is 7.61. The summed E-state index contributed by atoms with van der Waals surface area (Å²) in [6.07, 6.45) is 6.36. The normalized spacial score (nSPS) is 11.4. The molecule has 0 atom stereocenters. The van der Waals surface area contributed by atoms with Crippen LogP contribution in [0.3, 0.4) is 0 Å². The lowest BCUT2D eigenvalue weighted by Crippen LogP contribution is -2.33. The summed E-state index contributed by atoms with van der Waals surface area (Å²) in [7, 11) is 0. The van der Waals surface area contributed by atoms with Crippen molar-refractivity contribution in [2.45, 2.75) is 72.3 Å². The van der Waals surface area contributed by atoms with Crippen molar-refractivity contribution in [3.8, 4) is 0 Å². The van der Waals surface area contributed by atoms with Gasteiger partial charge in [-0.05, 0) is 39.8 Å². The van der Waals surface area contributed by atoms with E-state index in [1.165, 1.54) is 25.8 Å². The number of carbonyl (C=O) groups excluding carboxylic acids is 1. The third kappa shape index (κ3) is 7.86. The summed E-state index contributed by atoms with van der Waals surface area (Å²) in [6.45, 7) is 10.9. The molecule has 0 bridgehead atoms. The van der Waals surface area contributed by atoms with Crippen LogP contribution < -0.4 is 0 Å². The predicted octanol–water partition coefficient (Wildman–Crippen LogP) is 3.65. The Balaban J connectivity index is 3.72. The highest BCUT2D eigenvalue weighted by Crippen LogP contribution is 2.06. The Labute approximate surface area is 101 Å². The third-order valence-corrected chi connectivity index (χ3v) is 3.07. The van der Waals surface area contributed by atoms with Crippen LogP contribution in [0.1, 0.15) is 66.2 Å². The summed E-state index contributed by atoms with van der Waals surface area (Å²) in [5.41, 5.74) is 0. The number of hydrogen-bond acceptors (Lipinski definition) is 2. The van der Waals surface area contributed by atoms with Gasteiger partial charge in [-0.3, -0.25) is 4.79 Å². The molecule has 16 heavy (non-hydrogen) atoms. The van der Waals surface area contributed by atoms with E-state index in [0.29, 0.717) is 18.2 Å². The molecule has 0 spiro atoms. The van der Waals surface area contributed by atoms with E-state index >= 15 is 0 Å². The molecule has 0 aromatic heterocycles. The number of unbranched alkanes of at least 4 members (excludes halogenated alkanes) is 2. The van der Waals surface area contributed by atoms with E-state index in [-0.39, 0.29) is 0 Å². The third-order valence-electron chi connectivity index (χ3n) is 3.07. The molecule has 0 aliphatic carbocycles. The smallest absolute Gasteiger partial charge is 0.132 e. The fourth-order valence-electron chi connectivity index (χ4n) is 1.85. The van der Waals surface area contributed by atoms with Gasteiger partial charge in [0, 0.05) is 18.9 Å². The summed E-state index contributed by atoms with van der Waals surface area (Å²) < 4.78 is 0. The Morgan fingerprint density at radius 1 is 1.06 bits per heavy atom. The Bertz CT molecular complexity index is 178. The van der Waals surface area contributed by atoms with Crippen LogP contribution >= 0.6 is 0 Å². The van der Waals surface area contributed by atoms with E-state index in [2.05, 4.69) is 25.7 Å². The van der Waals surface area contributed by atoms with Gasteiger partial charge in [0.25, 0.3) is 0 Å². The highest BCUT2D eigenvalue weighted by atomic mass is 16.1. The van der Waals surface area contributed by atoms with Gasteiger partial charge in [0.15, 0.2) is 0 Å². The second-order valence-electron chi connectivity index (χ2n) is 4.83. The predicted molar refractivity (Wildman–Crippen MR) is 70.8 cm³/mol. The fraction of sp³-hybridized carbons (Fsp3) is 0.929. The van der Waals surface area contributed by atoms with Crippen LogP contribution in [0.25, 0.3) is 0 Å². The van der Waals surface area contributed by atoms with E-state index in [1.807, 2.05) is 6.92 Å². The summed E-state index contributed by atoms with van der Waals surface area (Å²) in [5.74, 6) is 0.400. The first-order valence-electron chi connectivity index (χ1n) is 6.87. The van der Waals surface area contributed by atoms with Crippen molar-refractivity contribution < 1.29 is 4.79 Å². The molecule has 0 radical (unpaired) electrons. The second-order valence-corrected chi connectivity index (χ2v) is 4.83. The van der Waals surface area contributed by atoms with Crippen molar-refractivity contribution in [3.05, 3.63) is 0 Å². The van der Waals surface area contributed by atoms with Crippen LogP contribution in [0.5, 0.6) is 0 Å². The molecule has 0 amide bonds. The van der Waals surface area contributed by atoms with Crippen molar-refractivity contribution in [2.24, 2.45) is 0 Å². The Kier molecular flexibility index (Phi) is 9.60. The molecule has 0 rings (SSSR count). The first kappa shape index (κ1) is 15.6. The summed E-state index contributed by atoms with van der Waals surface area (Å²) in [4.78, 5) is 13.7. The molecular formula is C14H29NO. The maximum Gasteiger partial charge on any atom is 0.132 e. The second kappa shape index (κ2) is 9.83. The van der Waals surface area contributed by atoms with Crippen LogP contribution in [0, 0.1) is 0 Å². The zero-order valence-electron chi connectivity index (χ0n) is 11.6. The van der Waals surface area contributed by atoms with Crippen LogP contribution in [0.2, 0.25) is 0 Å².